The van der Waals surface area contributed by atoms with E-state index in [1.54, 1.807) is 6.20 Å². The molecule has 1 aromatic heterocycles. The fourth-order valence-electron chi connectivity index (χ4n) is 2.79. The molecule has 1 unspecified atom stereocenters. The fraction of sp³-hybridized carbons (Fsp3) is 0.688. The Labute approximate surface area is 130 Å². The molecule has 0 spiro atoms. The second kappa shape index (κ2) is 6.94. The number of carbonyl (C=O) groups excluding carboxylic acids is 1. The summed E-state index contributed by atoms with van der Waals surface area (Å²) < 4.78 is 1.87. The van der Waals surface area contributed by atoms with Gasteiger partial charge in [-0.25, -0.2) is 4.79 Å². The van der Waals surface area contributed by atoms with Crippen molar-refractivity contribution in [3.63, 3.8) is 0 Å². The first-order chi connectivity index (χ1) is 10.5. The smallest absolute Gasteiger partial charge is 0.326 e. The molecule has 1 atom stereocenters. The van der Waals surface area contributed by atoms with Crippen molar-refractivity contribution in [1.82, 2.24) is 15.1 Å². The molecule has 0 bridgehead atoms. The van der Waals surface area contributed by atoms with Crippen LogP contribution in [-0.2, 0) is 4.79 Å². The van der Waals surface area contributed by atoms with Gasteiger partial charge in [0, 0.05) is 5.69 Å². The van der Waals surface area contributed by atoms with E-state index in [1.807, 2.05) is 11.6 Å². The molecule has 1 aromatic rings. The van der Waals surface area contributed by atoms with E-state index in [1.165, 1.54) is 0 Å². The minimum atomic E-state index is -0.967. The van der Waals surface area contributed by atoms with Gasteiger partial charge in [0.25, 0.3) is 5.91 Å². The normalized spacial score (nSPS) is 15.8. The third-order valence-electron chi connectivity index (χ3n) is 4.45. The molecule has 1 aliphatic carbocycles. The van der Waals surface area contributed by atoms with Crippen LogP contribution in [-0.4, -0.2) is 32.8 Å². The molecule has 1 amide bonds. The monoisotopic (exact) mass is 307 g/mol. The van der Waals surface area contributed by atoms with Gasteiger partial charge in [0.05, 0.1) is 17.8 Å². The van der Waals surface area contributed by atoms with E-state index in [4.69, 9.17) is 0 Å². The minimum Gasteiger partial charge on any atom is -0.480 e. The second-order valence-electron chi connectivity index (χ2n) is 6.10. The van der Waals surface area contributed by atoms with E-state index in [9.17, 15) is 14.7 Å². The molecule has 1 aliphatic rings. The quantitative estimate of drug-likeness (QED) is 0.773. The molecule has 0 radical (unpaired) electrons. The van der Waals surface area contributed by atoms with Crippen molar-refractivity contribution in [3.05, 3.63) is 17.5 Å². The highest BCUT2D eigenvalue weighted by atomic mass is 16.4. The van der Waals surface area contributed by atoms with Gasteiger partial charge in [-0.15, -0.1) is 0 Å². The summed E-state index contributed by atoms with van der Waals surface area (Å²) in [6.07, 6.45) is 6.06. The second-order valence-corrected chi connectivity index (χ2v) is 6.10. The van der Waals surface area contributed by atoms with E-state index < -0.39 is 12.0 Å². The van der Waals surface area contributed by atoms with Gasteiger partial charge in [-0.05, 0) is 32.1 Å². The van der Waals surface area contributed by atoms with Crippen LogP contribution in [0.2, 0.25) is 0 Å². The molecular weight excluding hydrogens is 282 g/mol. The van der Waals surface area contributed by atoms with Crippen molar-refractivity contribution in [2.45, 2.75) is 65.0 Å². The van der Waals surface area contributed by atoms with Crippen LogP contribution in [0.4, 0.5) is 0 Å². The van der Waals surface area contributed by atoms with E-state index in [0.717, 1.165) is 31.4 Å². The van der Waals surface area contributed by atoms with Gasteiger partial charge in [-0.1, -0.05) is 26.7 Å². The lowest BCUT2D eigenvalue weighted by molar-refractivity contribution is -0.139. The standard InChI is InChI=1S/C16H25N3O3/c1-4-12(5-2)19-10(3)13(9-17-19)15(20)18-14(16(21)22)8-11-6-7-11/h9,11-12,14H,4-8H2,1-3H3,(H,18,20)(H,21,22). The van der Waals surface area contributed by atoms with Crippen molar-refractivity contribution in [3.8, 4) is 0 Å². The maximum Gasteiger partial charge on any atom is 0.326 e. The summed E-state index contributed by atoms with van der Waals surface area (Å²) in [5.41, 5.74) is 1.26. The number of carboxylic acids is 1. The van der Waals surface area contributed by atoms with Crippen LogP contribution in [0.1, 0.15) is 68.0 Å². The Hall–Kier alpha value is -1.85. The zero-order chi connectivity index (χ0) is 16.3. The Kier molecular flexibility index (Phi) is 5.21. The Morgan fingerprint density at radius 2 is 2.05 bits per heavy atom. The lowest BCUT2D eigenvalue weighted by atomic mass is 10.1. The molecule has 1 saturated carbocycles. The van der Waals surface area contributed by atoms with Gasteiger partial charge < -0.3 is 10.4 Å². The highest BCUT2D eigenvalue weighted by molar-refractivity contribution is 5.97. The van der Waals surface area contributed by atoms with Gasteiger partial charge in [0.2, 0.25) is 0 Å². The molecular formula is C16H25N3O3. The summed E-state index contributed by atoms with van der Waals surface area (Å²) in [5.74, 6) is -0.872. The summed E-state index contributed by atoms with van der Waals surface area (Å²) in [6, 6.07) is -0.542. The molecule has 1 heterocycles. The Balaban J connectivity index is 2.09. The van der Waals surface area contributed by atoms with Gasteiger partial charge >= 0.3 is 5.97 Å². The van der Waals surface area contributed by atoms with Crippen LogP contribution >= 0.6 is 0 Å². The zero-order valence-electron chi connectivity index (χ0n) is 13.5. The fourth-order valence-corrected chi connectivity index (χ4v) is 2.79. The Morgan fingerprint density at radius 1 is 1.41 bits per heavy atom. The molecule has 2 rings (SSSR count). The number of carboxylic acid groups (broad SMARTS) is 1. The number of amides is 1. The lowest BCUT2D eigenvalue weighted by Crippen LogP contribution is -2.41. The number of carbonyl (C=O) groups is 2. The van der Waals surface area contributed by atoms with Crippen molar-refractivity contribution < 1.29 is 14.7 Å². The maximum atomic E-state index is 12.4. The van der Waals surface area contributed by atoms with Crippen molar-refractivity contribution in [2.75, 3.05) is 0 Å². The molecule has 6 nitrogen and oxygen atoms in total. The van der Waals surface area contributed by atoms with E-state index in [0.29, 0.717) is 17.9 Å². The molecule has 1 fully saturated rings. The summed E-state index contributed by atoms with van der Waals surface area (Å²) in [5, 5.41) is 16.2. The first-order valence-electron chi connectivity index (χ1n) is 8.05. The summed E-state index contributed by atoms with van der Waals surface area (Å²) in [6.45, 7) is 6.03. The van der Waals surface area contributed by atoms with Crippen molar-refractivity contribution in [2.24, 2.45) is 5.92 Å². The third kappa shape index (κ3) is 3.67. The number of hydrogen-bond donors (Lipinski definition) is 2. The van der Waals surface area contributed by atoms with Gasteiger partial charge in [-0.3, -0.25) is 9.48 Å². The molecule has 6 heteroatoms. The van der Waals surface area contributed by atoms with Gasteiger partial charge in [-0.2, -0.15) is 5.10 Å². The molecule has 0 aliphatic heterocycles. The SMILES string of the molecule is CCC(CC)n1ncc(C(=O)NC(CC2CC2)C(=O)O)c1C. The van der Waals surface area contributed by atoms with Crippen LogP contribution in [0.25, 0.3) is 0 Å². The van der Waals surface area contributed by atoms with Crippen molar-refractivity contribution in [1.29, 1.82) is 0 Å². The molecule has 0 saturated heterocycles. The predicted molar refractivity (Wildman–Crippen MR) is 82.8 cm³/mol. The largest absolute Gasteiger partial charge is 0.480 e. The number of rotatable bonds is 8. The average molecular weight is 307 g/mol. The topological polar surface area (TPSA) is 84.2 Å². The number of aromatic nitrogens is 2. The van der Waals surface area contributed by atoms with Crippen LogP contribution in [0.15, 0.2) is 6.20 Å². The molecule has 122 valence electrons. The Morgan fingerprint density at radius 3 is 2.55 bits per heavy atom. The van der Waals surface area contributed by atoms with Crippen LogP contribution < -0.4 is 5.32 Å². The van der Waals surface area contributed by atoms with Gasteiger partial charge in [0.15, 0.2) is 0 Å². The average Bonchev–Trinajstić information content (AvgIpc) is 3.22. The Bertz CT molecular complexity index is 545. The van der Waals surface area contributed by atoms with Crippen LogP contribution in [0.3, 0.4) is 0 Å². The van der Waals surface area contributed by atoms with Crippen LogP contribution in [0.5, 0.6) is 0 Å². The van der Waals surface area contributed by atoms with Gasteiger partial charge in [0.1, 0.15) is 6.04 Å². The number of nitrogens with zero attached hydrogens (tertiary/aromatic N) is 2. The molecule has 22 heavy (non-hydrogen) atoms. The first kappa shape index (κ1) is 16.5. The number of hydrogen-bond acceptors (Lipinski definition) is 3. The summed E-state index contributed by atoms with van der Waals surface area (Å²) >= 11 is 0. The summed E-state index contributed by atoms with van der Waals surface area (Å²) in [7, 11) is 0. The van der Waals surface area contributed by atoms with E-state index >= 15 is 0 Å². The first-order valence-corrected chi connectivity index (χ1v) is 8.05. The van der Waals surface area contributed by atoms with E-state index in [-0.39, 0.29) is 11.9 Å². The molecule has 2 N–H and O–H groups in total. The number of aliphatic carboxylic acids is 1. The van der Waals surface area contributed by atoms with Crippen molar-refractivity contribution >= 4 is 11.9 Å². The zero-order valence-corrected chi connectivity index (χ0v) is 13.5. The third-order valence-corrected chi connectivity index (χ3v) is 4.45. The highest BCUT2D eigenvalue weighted by Gasteiger charge is 2.31. The van der Waals surface area contributed by atoms with E-state index in [2.05, 4.69) is 24.3 Å². The minimum absolute atomic E-state index is 0.267. The van der Waals surface area contributed by atoms with Crippen LogP contribution in [0, 0.1) is 12.8 Å². The summed E-state index contributed by atoms with van der Waals surface area (Å²) in [4.78, 5) is 23.7. The number of nitrogens with one attached hydrogen (secondary N) is 1. The predicted octanol–water partition coefficient (Wildman–Crippen LogP) is 2.54. The maximum absolute atomic E-state index is 12.4. The highest BCUT2D eigenvalue weighted by Crippen LogP contribution is 2.33. The molecule has 0 aromatic carbocycles. The lowest BCUT2D eigenvalue weighted by Gasteiger charge is -2.16.